The molecule has 0 rings (SSSR count). The monoisotopic (exact) mass is 358 g/mol. The van der Waals surface area contributed by atoms with Gasteiger partial charge in [-0.25, -0.2) is 0 Å². The molecule has 0 aromatic heterocycles. The second kappa shape index (κ2) is 21.5. The van der Waals surface area contributed by atoms with Gasteiger partial charge in [-0.15, -0.1) is 0 Å². The molecule has 0 amide bonds. The van der Waals surface area contributed by atoms with Crippen molar-refractivity contribution >= 4 is 0 Å². The fourth-order valence-electron chi connectivity index (χ4n) is 2.52. The van der Waals surface area contributed by atoms with Gasteiger partial charge in [0.15, 0.2) is 13.1 Å². The van der Waals surface area contributed by atoms with Crippen LogP contribution < -0.4 is 0 Å². The van der Waals surface area contributed by atoms with Crippen molar-refractivity contribution in [3.63, 3.8) is 0 Å². The van der Waals surface area contributed by atoms with Crippen molar-refractivity contribution in [1.29, 1.82) is 0 Å². The number of rotatable bonds is 20. The van der Waals surface area contributed by atoms with Crippen molar-refractivity contribution in [3.8, 4) is 0 Å². The molecule has 0 atom stereocenters. The van der Waals surface area contributed by atoms with Crippen LogP contribution in [0.3, 0.4) is 0 Å². The van der Waals surface area contributed by atoms with E-state index in [0.29, 0.717) is 6.79 Å². The lowest BCUT2D eigenvalue weighted by Crippen LogP contribution is -2.19. The van der Waals surface area contributed by atoms with E-state index in [1.165, 1.54) is 38.5 Å². The molecule has 150 valence electrons. The van der Waals surface area contributed by atoms with Gasteiger partial charge >= 0.3 is 0 Å². The number of hydrogen-bond donors (Lipinski definition) is 0. The Morgan fingerprint density at radius 3 is 1.96 bits per heavy atom. The summed E-state index contributed by atoms with van der Waals surface area (Å²) >= 11 is 0. The molecule has 0 fully saturated rings. The molecule has 0 aromatic rings. The highest BCUT2D eigenvalue weighted by Crippen LogP contribution is 2.12. The molecule has 0 spiro atoms. The van der Waals surface area contributed by atoms with Crippen LogP contribution in [-0.4, -0.2) is 33.4 Å². The first-order valence-electron chi connectivity index (χ1n) is 10.3. The number of allylic oxidation sites excluding steroid dienone is 1. The maximum absolute atomic E-state index is 5.97. The summed E-state index contributed by atoms with van der Waals surface area (Å²) in [6, 6.07) is 0. The van der Waals surface area contributed by atoms with Crippen LogP contribution in [0.2, 0.25) is 0 Å². The van der Waals surface area contributed by atoms with Gasteiger partial charge in [0, 0.05) is 20.3 Å². The highest BCUT2D eigenvalue weighted by atomic mass is 16.7. The minimum absolute atomic E-state index is 0.0306. The Balaban J connectivity index is 3.80. The summed E-state index contributed by atoms with van der Waals surface area (Å²) in [7, 11) is 1.62. The third-order valence-electron chi connectivity index (χ3n) is 4.04. The molecule has 0 aliphatic rings. The van der Waals surface area contributed by atoms with Crippen LogP contribution in [0.4, 0.5) is 0 Å². The molecule has 25 heavy (non-hydrogen) atoms. The molecule has 0 saturated heterocycles. The third-order valence-corrected chi connectivity index (χ3v) is 4.04. The lowest BCUT2D eigenvalue weighted by atomic mass is 10.2. The van der Waals surface area contributed by atoms with E-state index >= 15 is 0 Å². The SMILES string of the molecule is CCCCCCOC(CCCCC=COCOC)OCCCCCC. The summed E-state index contributed by atoms with van der Waals surface area (Å²) in [5.74, 6) is 0. The summed E-state index contributed by atoms with van der Waals surface area (Å²) in [6.07, 6.45) is 17.9. The van der Waals surface area contributed by atoms with E-state index in [0.717, 1.165) is 51.7 Å². The number of hydrogen-bond acceptors (Lipinski definition) is 4. The van der Waals surface area contributed by atoms with Gasteiger partial charge in [-0.1, -0.05) is 52.4 Å². The fraction of sp³-hybridized carbons (Fsp3) is 0.905. The summed E-state index contributed by atoms with van der Waals surface area (Å²) in [6.45, 7) is 6.43. The standard InChI is InChI=1S/C21H42O4/c1-4-6-8-14-18-24-21(25-19-15-9-7-5-2)16-12-10-11-13-17-23-20-22-3/h13,17,21H,4-12,14-16,18-20H2,1-3H3. The van der Waals surface area contributed by atoms with E-state index in [-0.39, 0.29) is 6.29 Å². The molecule has 0 N–H and O–H groups in total. The highest BCUT2D eigenvalue weighted by molar-refractivity contribution is 4.72. The van der Waals surface area contributed by atoms with Gasteiger partial charge in [0.2, 0.25) is 0 Å². The van der Waals surface area contributed by atoms with E-state index in [9.17, 15) is 0 Å². The average Bonchev–Trinajstić information content (AvgIpc) is 2.62. The minimum atomic E-state index is -0.0306. The van der Waals surface area contributed by atoms with Gasteiger partial charge in [-0.3, -0.25) is 0 Å². The van der Waals surface area contributed by atoms with Crippen LogP contribution >= 0.6 is 0 Å². The van der Waals surface area contributed by atoms with Crippen LogP contribution in [0.15, 0.2) is 12.3 Å². The quantitative estimate of drug-likeness (QED) is 0.147. The lowest BCUT2D eigenvalue weighted by molar-refractivity contribution is -0.148. The Labute approximate surface area is 156 Å². The zero-order valence-electron chi connectivity index (χ0n) is 17.0. The van der Waals surface area contributed by atoms with Crippen LogP contribution in [0, 0.1) is 0 Å². The van der Waals surface area contributed by atoms with E-state index in [1.54, 1.807) is 13.4 Å². The molecule has 0 heterocycles. The predicted molar refractivity (Wildman–Crippen MR) is 105 cm³/mol. The minimum Gasteiger partial charge on any atom is -0.476 e. The van der Waals surface area contributed by atoms with Gasteiger partial charge in [0.05, 0.1) is 6.26 Å². The molecule has 0 aliphatic carbocycles. The molecular formula is C21H42O4. The van der Waals surface area contributed by atoms with E-state index in [1.807, 2.05) is 6.08 Å². The van der Waals surface area contributed by atoms with Crippen molar-refractivity contribution in [2.45, 2.75) is 97.2 Å². The summed E-state index contributed by atoms with van der Waals surface area (Å²) in [5.41, 5.74) is 0. The molecule has 4 heteroatoms. The molecule has 0 bridgehead atoms. The molecule has 4 nitrogen and oxygen atoms in total. The van der Waals surface area contributed by atoms with E-state index in [2.05, 4.69) is 13.8 Å². The molecule has 0 saturated carbocycles. The Hall–Kier alpha value is -0.580. The Morgan fingerprint density at radius 2 is 1.40 bits per heavy atom. The van der Waals surface area contributed by atoms with Crippen molar-refractivity contribution in [2.24, 2.45) is 0 Å². The molecular weight excluding hydrogens is 316 g/mol. The first-order chi connectivity index (χ1) is 12.3. The first kappa shape index (κ1) is 24.4. The maximum atomic E-state index is 5.97. The van der Waals surface area contributed by atoms with Gasteiger partial charge in [0.1, 0.15) is 0 Å². The van der Waals surface area contributed by atoms with Crippen LogP contribution in [0.25, 0.3) is 0 Å². The van der Waals surface area contributed by atoms with Gasteiger partial charge in [-0.05, 0) is 44.6 Å². The molecule has 0 aromatic carbocycles. The Kier molecular flexibility index (Phi) is 21.0. The molecule has 0 unspecified atom stereocenters. The summed E-state index contributed by atoms with van der Waals surface area (Å²) < 4.78 is 21.9. The summed E-state index contributed by atoms with van der Waals surface area (Å²) in [4.78, 5) is 0. The summed E-state index contributed by atoms with van der Waals surface area (Å²) in [5, 5.41) is 0. The number of ether oxygens (including phenoxy) is 4. The zero-order valence-corrected chi connectivity index (χ0v) is 17.0. The van der Waals surface area contributed by atoms with Crippen LogP contribution in [-0.2, 0) is 18.9 Å². The van der Waals surface area contributed by atoms with E-state index < -0.39 is 0 Å². The Morgan fingerprint density at radius 1 is 0.760 bits per heavy atom. The zero-order chi connectivity index (χ0) is 18.4. The third kappa shape index (κ3) is 19.6. The predicted octanol–water partition coefficient (Wildman–Crippen LogP) is 6.20. The fourth-order valence-corrected chi connectivity index (χ4v) is 2.52. The second-order valence-corrected chi connectivity index (χ2v) is 6.52. The van der Waals surface area contributed by atoms with Crippen LogP contribution in [0.5, 0.6) is 0 Å². The largest absolute Gasteiger partial charge is 0.476 e. The van der Waals surface area contributed by atoms with E-state index in [4.69, 9.17) is 18.9 Å². The Bertz CT molecular complexity index is 255. The lowest BCUT2D eigenvalue weighted by Gasteiger charge is -2.18. The van der Waals surface area contributed by atoms with Crippen LogP contribution in [0.1, 0.15) is 90.9 Å². The topological polar surface area (TPSA) is 36.9 Å². The second-order valence-electron chi connectivity index (χ2n) is 6.52. The van der Waals surface area contributed by atoms with Gasteiger partial charge in [0.25, 0.3) is 0 Å². The highest BCUT2D eigenvalue weighted by Gasteiger charge is 2.09. The normalized spacial score (nSPS) is 11.7. The van der Waals surface area contributed by atoms with Crippen molar-refractivity contribution in [3.05, 3.63) is 12.3 Å². The smallest absolute Gasteiger partial charge is 0.187 e. The number of unbranched alkanes of at least 4 members (excludes halogenated alkanes) is 8. The van der Waals surface area contributed by atoms with Gasteiger partial charge < -0.3 is 18.9 Å². The van der Waals surface area contributed by atoms with Gasteiger partial charge in [-0.2, -0.15) is 0 Å². The molecule has 0 radical (unpaired) electrons. The van der Waals surface area contributed by atoms with Crippen molar-refractivity contribution in [2.75, 3.05) is 27.1 Å². The molecule has 0 aliphatic heterocycles. The maximum Gasteiger partial charge on any atom is 0.187 e. The number of methoxy groups -OCH3 is 1. The van der Waals surface area contributed by atoms with Crippen molar-refractivity contribution < 1.29 is 18.9 Å². The average molecular weight is 359 g/mol. The first-order valence-corrected chi connectivity index (χ1v) is 10.3. The van der Waals surface area contributed by atoms with Crippen molar-refractivity contribution in [1.82, 2.24) is 0 Å².